The summed E-state index contributed by atoms with van der Waals surface area (Å²) in [7, 11) is 3.87. The van der Waals surface area contributed by atoms with Crippen molar-refractivity contribution in [2.24, 2.45) is 0 Å². The van der Waals surface area contributed by atoms with Gasteiger partial charge in [-0.3, -0.25) is 10.2 Å². The average molecular weight is 462 g/mol. The molecule has 1 aromatic heterocycles. The Balaban J connectivity index is 1.60. The van der Waals surface area contributed by atoms with E-state index in [1.165, 1.54) is 12.4 Å². The maximum Gasteiger partial charge on any atom is 0.243 e. The smallest absolute Gasteiger partial charge is 0.243 e. The first-order valence-corrected chi connectivity index (χ1v) is 11.1. The number of rotatable bonds is 11. The molecule has 0 radical (unpaired) electrons. The van der Waals surface area contributed by atoms with Crippen LogP contribution in [-0.2, 0) is 4.79 Å². The molecular formula is C25H31N7O2. The highest BCUT2D eigenvalue weighted by molar-refractivity contribution is 6.16. The minimum Gasteiger partial charge on any atom is -0.462 e. The van der Waals surface area contributed by atoms with Crippen LogP contribution < -0.4 is 21.1 Å². The molecule has 3 rings (SSSR count). The zero-order valence-electron chi connectivity index (χ0n) is 19.5. The van der Waals surface area contributed by atoms with Crippen molar-refractivity contribution < 1.29 is 9.53 Å². The van der Waals surface area contributed by atoms with Crippen molar-refractivity contribution in [1.82, 2.24) is 20.2 Å². The molecule has 34 heavy (non-hydrogen) atoms. The molecule has 0 fully saturated rings. The number of likely N-dealkylation sites (N-methyl/N-ethyl adjacent to an activating group) is 1. The molecule has 0 saturated carbocycles. The monoisotopic (exact) mass is 461 g/mol. The number of nitrogens with one attached hydrogen (secondary N) is 3. The van der Waals surface area contributed by atoms with Crippen LogP contribution in [0.2, 0.25) is 0 Å². The topological polar surface area (TPSA) is 129 Å². The summed E-state index contributed by atoms with van der Waals surface area (Å²) >= 11 is 0. The minimum absolute atomic E-state index is 0.161. The summed E-state index contributed by atoms with van der Waals surface area (Å²) in [5.41, 5.74) is 7.65. The molecule has 0 spiro atoms. The van der Waals surface area contributed by atoms with Gasteiger partial charge in [0, 0.05) is 32.1 Å². The summed E-state index contributed by atoms with van der Waals surface area (Å²) in [4.78, 5) is 22.2. The van der Waals surface area contributed by atoms with Crippen molar-refractivity contribution in [3.8, 4) is 5.75 Å². The van der Waals surface area contributed by atoms with Gasteiger partial charge in [-0.25, -0.2) is 9.97 Å². The van der Waals surface area contributed by atoms with Crippen molar-refractivity contribution in [3.05, 3.63) is 77.9 Å². The van der Waals surface area contributed by atoms with Crippen LogP contribution in [0.4, 0.5) is 11.6 Å². The summed E-state index contributed by atoms with van der Waals surface area (Å²) in [5, 5.41) is 14.7. The molecule has 0 bridgehead atoms. The molecule has 1 heterocycles. The number of ether oxygens (including phenoxy) is 1. The van der Waals surface area contributed by atoms with Crippen LogP contribution in [0.5, 0.6) is 5.75 Å². The number of carbonyl (C=O) groups excluding carboxylic acids is 1. The number of para-hydroxylation sites is 1. The number of carbonyl (C=O) groups is 1. The number of nitrogen functional groups attached to an aromatic ring is 1. The van der Waals surface area contributed by atoms with Gasteiger partial charge in [0.1, 0.15) is 29.5 Å². The van der Waals surface area contributed by atoms with Crippen LogP contribution in [0.1, 0.15) is 18.4 Å². The molecule has 1 amide bonds. The Morgan fingerprint density at radius 3 is 2.68 bits per heavy atom. The first-order chi connectivity index (χ1) is 16.4. The maximum atomic E-state index is 11.9. The molecule has 1 aliphatic carbocycles. The van der Waals surface area contributed by atoms with Crippen LogP contribution in [0.15, 0.2) is 72.3 Å². The molecule has 0 aliphatic heterocycles. The van der Waals surface area contributed by atoms with Gasteiger partial charge in [0.15, 0.2) is 0 Å². The highest BCUT2D eigenvalue weighted by Gasteiger charge is 2.20. The zero-order valence-corrected chi connectivity index (χ0v) is 19.5. The van der Waals surface area contributed by atoms with Crippen molar-refractivity contribution in [2.45, 2.75) is 12.8 Å². The predicted molar refractivity (Wildman–Crippen MR) is 135 cm³/mol. The predicted octanol–water partition coefficient (Wildman–Crippen LogP) is 2.76. The van der Waals surface area contributed by atoms with Gasteiger partial charge in [0.25, 0.3) is 0 Å². The molecule has 1 aliphatic rings. The standard InChI is InChI=1S/C25H31N7O2/c1-32(2)16-6-9-21(33)28-14-15-29-25-22(24(27)30-17-31-25)23(26)18-10-12-20(13-11-18)34-19-7-4-3-5-8-19/h3-10,12,17,26H,11,13-16H2,1-2H3,(H,28,33)(H3,27,29,30,31)/b9-6+,26-23?. The van der Waals surface area contributed by atoms with Gasteiger partial charge < -0.3 is 26.0 Å². The second-order valence-corrected chi connectivity index (χ2v) is 7.98. The third-order valence-electron chi connectivity index (χ3n) is 5.01. The first-order valence-electron chi connectivity index (χ1n) is 11.1. The summed E-state index contributed by atoms with van der Waals surface area (Å²) in [5.74, 6) is 2.16. The van der Waals surface area contributed by atoms with Gasteiger partial charge in [0.05, 0.1) is 11.3 Å². The lowest BCUT2D eigenvalue weighted by atomic mass is 9.95. The quantitative estimate of drug-likeness (QED) is 0.230. The summed E-state index contributed by atoms with van der Waals surface area (Å²) in [6.45, 7) is 1.52. The number of hydrogen-bond acceptors (Lipinski definition) is 8. The van der Waals surface area contributed by atoms with E-state index in [1.54, 1.807) is 6.08 Å². The van der Waals surface area contributed by atoms with E-state index in [0.717, 1.165) is 17.1 Å². The van der Waals surface area contributed by atoms with Crippen LogP contribution >= 0.6 is 0 Å². The van der Waals surface area contributed by atoms with E-state index in [4.69, 9.17) is 15.9 Å². The fourth-order valence-electron chi connectivity index (χ4n) is 3.29. The lowest BCUT2D eigenvalue weighted by Gasteiger charge is -2.18. The third kappa shape index (κ3) is 7.28. The molecule has 9 nitrogen and oxygen atoms in total. The molecule has 5 N–H and O–H groups in total. The Morgan fingerprint density at radius 1 is 1.18 bits per heavy atom. The second-order valence-electron chi connectivity index (χ2n) is 7.98. The lowest BCUT2D eigenvalue weighted by Crippen LogP contribution is -2.28. The first kappa shape index (κ1) is 24.7. The molecular weight excluding hydrogens is 430 g/mol. The fourth-order valence-corrected chi connectivity index (χ4v) is 3.29. The van der Waals surface area contributed by atoms with Gasteiger partial charge in [-0.2, -0.15) is 0 Å². The van der Waals surface area contributed by atoms with Crippen LogP contribution in [-0.4, -0.2) is 60.2 Å². The lowest BCUT2D eigenvalue weighted by molar-refractivity contribution is -0.116. The van der Waals surface area contributed by atoms with Crippen molar-refractivity contribution in [2.75, 3.05) is 44.8 Å². The van der Waals surface area contributed by atoms with E-state index in [1.807, 2.05) is 61.5 Å². The summed E-state index contributed by atoms with van der Waals surface area (Å²) in [6.07, 6.45) is 9.75. The Bertz CT molecular complexity index is 1090. The van der Waals surface area contributed by atoms with E-state index in [0.29, 0.717) is 43.9 Å². The molecule has 0 atom stereocenters. The largest absolute Gasteiger partial charge is 0.462 e. The summed E-state index contributed by atoms with van der Waals surface area (Å²) in [6, 6.07) is 9.61. The Hall–Kier alpha value is -3.98. The van der Waals surface area contributed by atoms with Gasteiger partial charge in [-0.1, -0.05) is 30.4 Å². The molecule has 1 aromatic carbocycles. The van der Waals surface area contributed by atoms with Crippen molar-refractivity contribution >= 4 is 23.3 Å². The fraction of sp³-hybridized carbons (Fsp3) is 0.280. The van der Waals surface area contributed by atoms with E-state index in [2.05, 4.69) is 20.6 Å². The SMILES string of the molecule is CN(C)C/C=C/C(=O)NCCNc1ncnc(N)c1C(=N)C1=CC=C(Oc2ccccc2)CC1. The molecule has 9 heteroatoms. The molecule has 178 valence electrons. The molecule has 2 aromatic rings. The Morgan fingerprint density at radius 2 is 1.97 bits per heavy atom. The van der Waals surface area contributed by atoms with E-state index in [9.17, 15) is 4.79 Å². The third-order valence-corrected chi connectivity index (χ3v) is 5.01. The number of nitrogens with zero attached hydrogens (tertiary/aromatic N) is 3. The van der Waals surface area contributed by atoms with Crippen LogP contribution in [0.3, 0.4) is 0 Å². The Kier molecular flexibility index (Phi) is 8.93. The highest BCUT2D eigenvalue weighted by atomic mass is 16.5. The number of anilines is 2. The molecule has 0 unspecified atom stereocenters. The van der Waals surface area contributed by atoms with Crippen LogP contribution in [0, 0.1) is 5.41 Å². The van der Waals surface area contributed by atoms with Crippen molar-refractivity contribution in [3.63, 3.8) is 0 Å². The maximum absolute atomic E-state index is 11.9. The van der Waals surface area contributed by atoms with Gasteiger partial charge >= 0.3 is 0 Å². The summed E-state index contributed by atoms with van der Waals surface area (Å²) < 4.78 is 5.90. The number of nitrogens with two attached hydrogens (primary N) is 1. The van der Waals surface area contributed by atoms with Crippen molar-refractivity contribution in [1.29, 1.82) is 5.41 Å². The van der Waals surface area contributed by atoms with Gasteiger partial charge in [-0.05, 0) is 44.3 Å². The molecule has 0 saturated heterocycles. The number of benzene rings is 1. The normalized spacial score (nSPS) is 13.4. The van der Waals surface area contributed by atoms with Gasteiger partial charge in [-0.15, -0.1) is 0 Å². The van der Waals surface area contributed by atoms with E-state index < -0.39 is 0 Å². The van der Waals surface area contributed by atoms with E-state index in [-0.39, 0.29) is 17.4 Å². The number of allylic oxidation sites excluding steroid dienone is 4. The van der Waals surface area contributed by atoms with E-state index >= 15 is 0 Å². The zero-order chi connectivity index (χ0) is 24.3. The van der Waals surface area contributed by atoms with Gasteiger partial charge in [0.2, 0.25) is 5.91 Å². The average Bonchev–Trinajstić information content (AvgIpc) is 2.82. The second kappa shape index (κ2) is 12.3. The number of hydrogen-bond donors (Lipinski definition) is 4. The van der Waals surface area contributed by atoms with Crippen LogP contribution in [0.25, 0.3) is 0 Å². The highest BCUT2D eigenvalue weighted by Crippen LogP contribution is 2.27. The number of aromatic nitrogens is 2. The number of amides is 1. The Labute approximate surface area is 199 Å². The minimum atomic E-state index is -0.161.